The van der Waals surface area contributed by atoms with E-state index in [1.165, 1.54) is 0 Å². The average Bonchev–Trinajstić information content (AvgIpc) is 2.48. The average molecular weight is 505 g/mol. The lowest BCUT2D eigenvalue weighted by atomic mass is 10.2. The van der Waals surface area contributed by atoms with Gasteiger partial charge < -0.3 is 9.15 Å². The molecule has 106 valence electrons. The summed E-state index contributed by atoms with van der Waals surface area (Å²) in [5, 5.41) is 0.498. The molecule has 1 aromatic heterocycles. The van der Waals surface area contributed by atoms with Crippen LogP contribution in [0, 0.1) is 7.14 Å². The minimum atomic E-state index is -0.380. The molecule has 0 aliphatic carbocycles. The van der Waals surface area contributed by atoms with Crippen LogP contribution in [-0.2, 0) is 0 Å². The maximum absolute atomic E-state index is 12.2. The van der Waals surface area contributed by atoms with E-state index >= 15 is 0 Å². The van der Waals surface area contributed by atoms with Crippen LogP contribution in [0.4, 0.5) is 0 Å². The third-order valence-electron chi connectivity index (χ3n) is 2.97. The first-order valence-corrected chi connectivity index (χ1v) is 8.18. The standard InChI is InChI=1S/C15H9I2NO3/c1-20-10-4-2-3-8(5-10)14-18-13-11(15(19)21-14)6-9(16)7-12(13)17/h2-7H,1H3. The Morgan fingerprint density at radius 3 is 2.76 bits per heavy atom. The van der Waals surface area contributed by atoms with Crippen LogP contribution in [0.1, 0.15) is 0 Å². The fourth-order valence-electron chi connectivity index (χ4n) is 1.98. The van der Waals surface area contributed by atoms with E-state index in [2.05, 4.69) is 50.2 Å². The third kappa shape index (κ3) is 2.91. The molecule has 0 aliphatic heterocycles. The highest BCUT2D eigenvalue weighted by atomic mass is 127. The summed E-state index contributed by atoms with van der Waals surface area (Å²) in [5.41, 5.74) is 0.988. The van der Waals surface area contributed by atoms with Crippen molar-refractivity contribution in [2.24, 2.45) is 0 Å². The zero-order valence-electron chi connectivity index (χ0n) is 10.9. The number of nitrogens with zero attached hydrogens (tertiary/aromatic N) is 1. The van der Waals surface area contributed by atoms with Crippen LogP contribution in [0.25, 0.3) is 22.4 Å². The van der Waals surface area contributed by atoms with Crippen LogP contribution < -0.4 is 10.4 Å². The number of hydrogen-bond acceptors (Lipinski definition) is 4. The highest BCUT2D eigenvalue weighted by Gasteiger charge is 2.12. The van der Waals surface area contributed by atoms with E-state index in [-0.39, 0.29) is 5.63 Å². The smallest absolute Gasteiger partial charge is 0.347 e. The Morgan fingerprint density at radius 1 is 1.19 bits per heavy atom. The van der Waals surface area contributed by atoms with Crippen molar-refractivity contribution in [1.82, 2.24) is 4.98 Å². The van der Waals surface area contributed by atoms with Crippen LogP contribution >= 0.6 is 45.2 Å². The molecule has 1 heterocycles. The molecule has 3 aromatic rings. The molecule has 0 aliphatic rings. The molecular weight excluding hydrogens is 496 g/mol. The predicted molar refractivity (Wildman–Crippen MR) is 97.7 cm³/mol. The molecule has 4 nitrogen and oxygen atoms in total. The summed E-state index contributed by atoms with van der Waals surface area (Å²) >= 11 is 4.35. The molecule has 21 heavy (non-hydrogen) atoms. The first-order valence-electron chi connectivity index (χ1n) is 6.03. The van der Waals surface area contributed by atoms with Gasteiger partial charge in [0.25, 0.3) is 0 Å². The van der Waals surface area contributed by atoms with Gasteiger partial charge in [-0.1, -0.05) is 6.07 Å². The summed E-state index contributed by atoms with van der Waals surface area (Å²) in [7, 11) is 1.59. The molecule has 0 fully saturated rings. The summed E-state index contributed by atoms with van der Waals surface area (Å²) in [6, 6.07) is 11.0. The molecule has 0 saturated carbocycles. The summed E-state index contributed by atoms with van der Waals surface area (Å²) in [6.45, 7) is 0. The van der Waals surface area contributed by atoms with Crippen molar-refractivity contribution in [2.45, 2.75) is 0 Å². The summed E-state index contributed by atoms with van der Waals surface area (Å²) in [4.78, 5) is 16.7. The predicted octanol–water partition coefficient (Wildman–Crippen LogP) is 4.07. The summed E-state index contributed by atoms with van der Waals surface area (Å²) in [5.74, 6) is 0.986. The minimum Gasteiger partial charge on any atom is -0.497 e. The molecule has 6 heteroatoms. The number of methoxy groups -OCH3 is 1. The molecule has 0 amide bonds. The molecule has 2 aromatic carbocycles. The van der Waals surface area contributed by atoms with E-state index in [9.17, 15) is 4.79 Å². The molecule has 0 bridgehead atoms. The van der Waals surface area contributed by atoms with Gasteiger partial charge in [0.15, 0.2) is 0 Å². The Morgan fingerprint density at radius 2 is 2.00 bits per heavy atom. The Labute approximate surface area is 147 Å². The Hall–Kier alpha value is -1.16. The third-order valence-corrected chi connectivity index (χ3v) is 4.41. The van der Waals surface area contributed by atoms with Crippen molar-refractivity contribution >= 4 is 56.1 Å². The molecule has 0 unspecified atom stereocenters. The molecule has 3 rings (SSSR count). The molecule has 0 saturated heterocycles. The minimum absolute atomic E-state index is 0.297. The molecule has 0 atom stereocenters. The number of ether oxygens (including phenoxy) is 1. The van der Waals surface area contributed by atoms with Gasteiger partial charge in [-0.15, -0.1) is 0 Å². The van der Waals surface area contributed by atoms with Crippen molar-refractivity contribution in [3.8, 4) is 17.2 Å². The van der Waals surface area contributed by atoms with Crippen LogP contribution in [0.2, 0.25) is 0 Å². The van der Waals surface area contributed by atoms with E-state index < -0.39 is 0 Å². The van der Waals surface area contributed by atoms with Gasteiger partial charge >= 0.3 is 5.63 Å². The first kappa shape index (κ1) is 14.8. The van der Waals surface area contributed by atoms with Crippen molar-refractivity contribution in [1.29, 1.82) is 0 Å². The van der Waals surface area contributed by atoms with Crippen LogP contribution in [0.3, 0.4) is 0 Å². The zero-order valence-corrected chi connectivity index (χ0v) is 15.2. The summed E-state index contributed by atoms with van der Waals surface area (Å²) < 4.78 is 12.4. The molecular formula is C15H9I2NO3. The number of aromatic nitrogens is 1. The van der Waals surface area contributed by atoms with E-state index in [1.807, 2.05) is 24.3 Å². The van der Waals surface area contributed by atoms with Crippen molar-refractivity contribution < 1.29 is 9.15 Å². The number of fused-ring (bicyclic) bond motifs is 1. The molecule has 0 spiro atoms. The Bertz CT molecular complexity index is 890. The van der Waals surface area contributed by atoms with Gasteiger partial charge in [0.05, 0.1) is 18.0 Å². The second-order valence-corrected chi connectivity index (χ2v) is 6.73. The monoisotopic (exact) mass is 505 g/mol. The van der Waals surface area contributed by atoms with Crippen molar-refractivity contribution in [2.75, 3.05) is 7.11 Å². The highest BCUT2D eigenvalue weighted by Crippen LogP contribution is 2.25. The van der Waals surface area contributed by atoms with E-state index in [1.54, 1.807) is 19.2 Å². The second kappa shape index (κ2) is 5.91. The fraction of sp³-hybridized carbons (Fsp3) is 0.0667. The van der Waals surface area contributed by atoms with E-state index in [4.69, 9.17) is 9.15 Å². The van der Waals surface area contributed by atoms with Gasteiger partial charge in [-0.3, -0.25) is 0 Å². The quantitative estimate of drug-likeness (QED) is 0.494. The number of rotatable bonds is 2. The van der Waals surface area contributed by atoms with Crippen LogP contribution in [0.15, 0.2) is 45.6 Å². The topological polar surface area (TPSA) is 52.3 Å². The van der Waals surface area contributed by atoms with Crippen molar-refractivity contribution in [3.63, 3.8) is 0 Å². The lowest BCUT2D eigenvalue weighted by molar-refractivity contribution is 0.414. The van der Waals surface area contributed by atoms with Gasteiger partial charge in [0.1, 0.15) is 5.75 Å². The maximum atomic E-state index is 12.2. The van der Waals surface area contributed by atoms with Gasteiger partial charge in [-0.05, 0) is 75.5 Å². The highest BCUT2D eigenvalue weighted by molar-refractivity contribution is 14.1. The summed E-state index contributed by atoms with van der Waals surface area (Å²) in [6.07, 6.45) is 0. The zero-order chi connectivity index (χ0) is 15.0. The number of benzene rings is 2. The SMILES string of the molecule is COc1cccc(-c2nc3c(I)cc(I)cc3c(=O)o2)c1. The number of halogens is 2. The fourth-order valence-corrected chi connectivity index (χ4v) is 3.95. The van der Waals surface area contributed by atoms with Gasteiger partial charge in [0.2, 0.25) is 5.89 Å². The number of hydrogen-bond donors (Lipinski definition) is 0. The van der Waals surface area contributed by atoms with Gasteiger partial charge in [-0.25, -0.2) is 9.78 Å². The van der Waals surface area contributed by atoms with Gasteiger partial charge in [0, 0.05) is 12.7 Å². The van der Waals surface area contributed by atoms with E-state index in [0.29, 0.717) is 28.1 Å². The van der Waals surface area contributed by atoms with Crippen LogP contribution in [-0.4, -0.2) is 12.1 Å². The normalized spacial score (nSPS) is 10.8. The maximum Gasteiger partial charge on any atom is 0.347 e. The van der Waals surface area contributed by atoms with Gasteiger partial charge in [-0.2, -0.15) is 0 Å². The first-order chi connectivity index (χ1) is 10.1. The van der Waals surface area contributed by atoms with Crippen LogP contribution in [0.5, 0.6) is 5.75 Å². The Kier molecular flexibility index (Phi) is 4.16. The Balaban J connectivity index is 2.27. The lowest BCUT2D eigenvalue weighted by Crippen LogP contribution is -2.04. The second-order valence-electron chi connectivity index (χ2n) is 4.32. The largest absolute Gasteiger partial charge is 0.497 e. The van der Waals surface area contributed by atoms with E-state index in [0.717, 1.165) is 7.14 Å². The van der Waals surface area contributed by atoms with Crippen molar-refractivity contribution in [3.05, 3.63) is 54.0 Å². The molecule has 0 N–H and O–H groups in total. The molecule has 0 radical (unpaired) electrons. The lowest BCUT2D eigenvalue weighted by Gasteiger charge is -2.05.